The third-order valence-electron chi connectivity index (χ3n) is 3.01. The quantitative estimate of drug-likeness (QED) is 0.785. The molecule has 0 radical (unpaired) electrons. The second-order valence-corrected chi connectivity index (χ2v) is 4.92. The van der Waals surface area contributed by atoms with E-state index in [-0.39, 0.29) is 5.89 Å². The van der Waals surface area contributed by atoms with Crippen molar-refractivity contribution in [3.8, 4) is 0 Å². The van der Waals surface area contributed by atoms with Crippen molar-refractivity contribution in [2.24, 2.45) is 0 Å². The number of carbonyl (C=O) groups excluding carboxylic acids is 1. The van der Waals surface area contributed by atoms with E-state index < -0.39 is 11.9 Å². The second-order valence-electron chi connectivity index (χ2n) is 4.92. The Labute approximate surface area is 123 Å². The molecule has 2 aromatic rings. The van der Waals surface area contributed by atoms with Crippen LogP contribution in [0, 0.1) is 6.92 Å². The highest BCUT2D eigenvalue weighted by Gasteiger charge is 2.30. The van der Waals surface area contributed by atoms with Crippen LogP contribution in [0.5, 0.6) is 0 Å². The van der Waals surface area contributed by atoms with Gasteiger partial charge in [-0.2, -0.15) is 4.98 Å². The fourth-order valence-electron chi connectivity index (χ4n) is 1.89. The van der Waals surface area contributed by atoms with Crippen molar-refractivity contribution < 1.29 is 14.1 Å². The van der Waals surface area contributed by atoms with Gasteiger partial charge in [-0.25, -0.2) is 0 Å². The monoisotopic (exact) mass is 289 g/mol. The van der Waals surface area contributed by atoms with E-state index in [4.69, 9.17) is 9.26 Å². The van der Waals surface area contributed by atoms with Crippen molar-refractivity contribution >= 4 is 11.9 Å². The minimum atomic E-state index is -0.702. The molecule has 0 aliphatic carbocycles. The van der Waals surface area contributed by atoms with Crippen LogP contribution in [-0.4, -0.2) is 36.8 Å². The molecular formula is C15H19N3O3. The summed E-state index contributed by atoms with van der Waals surface area (Å²) < 4.78 is 10.4. The largest absolute Gasteiger partial charge is 0.465 e. The standard InChI is InChI=1S/C15H19N3O3/c1-5-20-14(19)12(11-8-6-10(2)7-9-11)13-16-15(17-21-13)18(3)4/h6-9,12H,5H2,1-4H3. The van der Waals surface area contributed by atoms with Gasteiger partial charge in [0.25, 0.3) is 5.95 Å². The maximum atomic E-state index is 12.2. The van der Waals surface area contributed by atoms with Gasteiger partial charge in [0.2, 0.25) is 5.89 Å². The summed E-state index contributed by atoms with van der Waals surface area (Å²) in [6.45, 7) is 4.05. The van der Waals surface area contributed by atoms with Gasteiger partial charge in [0.15, 0.2) is 5.92 Å². The number of rotatable bonds is 5. The average Bonchev–Trinajstić information content (AvgIpc) is 2.91. The van der Waals surface area contributed by atoms with Crippen molar-refractivity contribution in [2.45, 2.75) is 19.8 Å². The highest BCUT2D eigenvalue weighted by atomic mass is 16.5. The smallest absolute Gasteiger partial charge is 0.323 e. The Bertz CT molecular complexity index is 605. The number of anilines is 1. The molecule has 0 saturated carbocycles. The molecule has 1 atom stereocenters. The van der Waals surface area contributed by atoms with E-state index in [2.05, 4.69) is 10.1 Å². The van der Waals surface area contributed by atoms with E-state index in [1.54, 1.807) is 25.9 Å². The molecule has 1 aromatic heterocycles. The molecule has 0 fully saturated rings. The van der Waals surface area contributed by atoms with E-state index in [1.807, 2.05) is 31.2 Å². The first-order valence-electron chi connectivity index (χ1n) is 6.77. The van der Waals surface area contributed by atoms with Crippen molar-refractivity contribution in [1.29, 1.82) is 0 Å². The minimum Gasteiger partial charge on any atom is -0.465 e. The summed E-state index contributed by atoms with van der Waals surface area (Å²) in [6, 6.07) is 7.61. The molecule has 1 heterocycles. The Morgan fingerprint density at radius 2 is 2.00 bits per heavy atom. The van der Waals surface area contributed by atoms with E-state index >= 15 is 0 Å². The lowest BCUT2D eigenvalue weighted by Crippen LogP contribution is -2.18. The van der Waals surface area contributed by atoms with E-state index in [1.165, 1.54) is 0 Å². The van der Waals surface area contributed by atoms with Crippen LogP contribution in [0.15, 0.2) is 28.8 Å². The predicted molar refractivity (Wildman–Crippen MR) is 78.3 cm³/mol. The highest BCUT2D eigenvalue weighted by Crippen LogP contribution is 2.26. The maximum absolute atomic E-state index is 12.2. The molecule has 0 aliphatic rings. The lowest BCUT2D eigenvalue weighted by molar-refractivity contribution is -0.144. The van der Waals surface area contributed by atoms with Crippen molar-refractivity contribution in [3.63, 3.8) is 0 Å². The van der Waals surface area contributed by atoms with Gasteiger partial charge in [-0.15, -0.1) is 0 Å². The predicted octanol–water partition coefficient (Wildman–Crippen LogP) is 2.14. The summed E-state index contributed by atoms with van der Waals surface area (Å²) >= 11 is 0. The Kier molecular flexibility index (Phi) is 4.57. The fourth-order valence-corrected chi connectivity index (χ4v) is 1.89. The first-order valence-corrected chi connectivity index (χ1v) is 6.77. The molecule has 0 saturated heterocycles. The Morgan fingerprint density at radius 3 is 2.52 bits per heavy atom. The Balaban J connectivity index is 2.39. The second kappa shape index (κ2) is 6.39. The van der Waals surface area contributed by atoms with Crippen molar-refractivity contribution in [1.82, 2.24) is 10.1 Å². The fraction of sp³-hybridized carbons (Fsp3) is 0.400. The number of hydrogen-bond acceptors (Lipinski definition) is 6. The summed E-state index contributed by atoms with van der Waals surface area (Å²) in [5.41, 5.74) is 1.88. The normalized spacial score (nSPS) is 12.0. The zero-order valence-electron chi connectivity index (χ0n) is 12.7. The lowest BCUT2D eigenvalue weighted by Gasteiger charge is -2.12. The summed E-state index contributed by atoms with van der Waals surface area (Å²) in [5, 5.41) is 3.85. The zero-order valence-corrected chi connectivity index (χ0v) is 12.7. The third-order valence-corrected chi connectivity index (χ3v) is 3.01. The number of ether oxygens (including phenoxy) is 1. The van der Waals surface area contributed by atoms with Crippen LogP contribution in [0.25, 0.3) is 0 Å². The number of esters is 1. The van der Waals surface area contributed by atoms with Crippen LogP contribution in [0.4, 0.5) is 5.95 Å². The molecule has 0 aliphatic heterocycles. The molecule has 0 amide bonds. The molecular weight excluding hydrogens is 270 g/mol. The number of aromatic nitrogens is 2. The average molecular weight is 289 g/mol. The van der Waals surface area contributed by atoms with Crippen LogP contribution < -0.4 is 4.90 Å². The van der Waals surface area contributed by atoms with E-state index in [0.717, 1.165) is 11.1 Å². The molecule has 6 nitrogen and oxygen atoms in total. The number of aryl methyl sites for hydroxylation is 1. The van der Waals surface area contributed by atoms with Gasteiger partial charge in [0.05, 0.1) is 6.61 Å². The van der Waals surface area contributed by atoms with Crippen molar-refractivity contribution in [3.05, 3.63) is 41.3 Å². The number of nitrogens with zero attached hydrogens (tertiary/aromatic N) is 3. The Hall–Kier alpha value is -2.37. The topological polar surface area (TPSA) is 68.5 Å². The molecule has 0 N–H and O–H groups in total. The summed E-state index contributed by atoms with van der Waals surface area (Å²) in [5.74, 6) is -0.436. The van der Waals surface area contributed by atoms with Gasteiger partial charge in [0, 0.05) is 14.1 Å². The lowest BCUT2D eigenvalue weighted by atomic mass is 9.98. The molecule has 1 aromatic carbocycles. The first kappa shape index (κ1) is 15.0. The van der Waals surface area contributed by atoms with Gasteiger partial charge in [-0.05, 0) is 24.6 Å². The van der Waals surface area contributed by atoms with Gasteiger partial charge in [0.1, 0.15) is 0 Å². The van der Waals surface area contributed by atoms with Crippen LogP contribution in [0.1, 0.15) is 29.9 Å². The number of hydrogen-bond donors (Lipinski definition) is 0. The summed E-state index contributed by atoms with van der Waals surface area (Å²) in [6.07, 6.45) is 0. The van der Waals surface area contributed by atoms with Crippen LogP contribution in [0.3, 0.4) is 0 Å². The van der Waals surface area contributed by atoms with Gasteiger partial charge >= 0.3 is 5.97 Å². The number of benzene rings is 1. The maximum Gasteiger partial charge on any atom is 0.323 e. The van der Waals surface area contributed by atoms with Crippen LogP contribution in [0.2, 0.25) is 0 Å². The molecule has 112 valence electrons. The van der Waals surface area contributed by atoms with Gasteiger partial charge in [-0.1, -0.05) is 29.8 Å². The molecule has 0 bridgehead atoms. The van der Waals surface area contributed by atoms with Crippen LogP contribution >= 0.6 is 0 Å². The van der Waals surface area contributed by atoms with Gasteiger partial charge in [-0.3, -0.25) is 4.79 Å². The van der Waals surface area contributed by atoms with E-state index in [0.29, 0.717) is 12.6 Å². The molecule has 1 unspecified atom stereocenters. The summed E-state index contributed by atoms with van der Waals surface area (Å²) in [4.78, 5) is 18.2. The summed E-state index contributed by atoms with van der Waals surface area (Å²) in [7, 11) is 3.61. The minimum absolute atomic E-state index is 0.237. The number of carbonyl (C=O) groups is 1. The third kappa shape index (κ3) is 3.39. The zero-order chi connectivity index (χ0) is 15.4. The van der Waals surface area contributed by atoms with Gasteiger partial charge < -0.3 is 14.2 Å². The highest BCUT2D eigenvalue weighted by molar-refractivity contribution is 5.81. The molecule has 2 rings (SSSR count). The van der Waals surface area contributed by atoms with Crippen molar-refractivity contribution in [2.75, 3.05) is 25.6 Å². The molecule has 21 heavy (non-hydrogen) atoms. The first-order chi connectivity index (χ1) is 10.0. The molecule has 0 spiro atoms. The Morgan fingerprint density at radius 1 is 1.33 bits per heavy atom. The van der Waals surface area contributed by atoms with Crippen LogP contribution in [-0.2, 0) is 9.53 Å². The van der Waals surface area contributed by atoms with E-state index in [9.17, 15) is 4.79 Å². The SMILES string of the molecule is CCOC(=O)C(c1ccc(C)cc1)c1nc(N(C)C)no1. The molecule has 6 heteroatoms.